The molecule has 7 heteroatoms. The molecule has 0 bridgehead atoms. The number of nitrogens with one attached hydrogen (secondary N) is 2. The van der Waals surface area contributed by atoms with Crippen molar-refractivity contribution in [1.29, 1.82) is 0 Å². The van der Waals surface area contributed by atoms with Gasteiger partial charge in [0.25, 0.3) is 0 Å². The Hall–Kier alpha value is -1.61. The number of nitrogens with zero attached hydrogens (tertiary/aromatic N) is 4. The van der Waals surface area contributed by atoms with Crippen molar-refractivity contribution in [2.45, 2.75) is 34.2 Å². The first kappa shape index (κ1) is 23.4. The van der Waals surface area contributed by atoms with Gasteiger partial charge in [-0.1, -0.05) is 32.0 Å². The molecule has 0 amide bonds. The lowest BCUT2D eigenvalue weighted by Crippen LogP contribution is -2.41. The third-order valence-electron chi connectivity index (χ3n) is 4.51. The summed E-state index contributed by atoms with van der Waals surface area (Å²) in [6.07, 6.45) is 0. The molecule has 2 N–H and O–H groups in total. The average Bonchev–Trinajstić information content (AvgIpc) is 2.99. The summed E-state index contributed by atoms with van der Waals surface area (Å²) < 4.78 is 2.00. The van der Waals surface area contributed by atoms with E-state index in [1.165, 1.54) is 5.56 Å². The number of halogens is 1. The second-order valence-corrected chi connectivity index (χ2v) is 6.35. The second kappa shape index (κ2) is 12.0. The zero-order valence-corrected chi connectivity index (χ0v) is 19.4. The molecule has 1 aromatic heterocycles. The van der Waals surface area contributed by atoms with Crippen molar-refractivity contribution >= 4 is 29.9 Å². The molecule has 0 aliphatic carbocycles. The summed E-state index contributed by atoms with van der Waals surface area (Å²) in [4.78, 5) is 6.72. The number of guanidine groups is 1. The zero-order chi connectivity index (χ0) is 18.9. The van der Waals surface area contributed by atoms with Crippen molar-refractivity contribution in [2.75, 3.05) is 33.2 Å². The average molecular weight is 484 g/mol. The number of benzene rings is 1. The van der Waals surface area contributed by atoms with Crippen molar-refractivity contribution in [3.63, 3.8) is 0 Å². The van der Waals surface area contributed by atoms with Crippen molar-refractivity contribution < 1.29 is 0 Å². The number of likely N-dealkylation sites (N-methyl/N-ethyl adjacent to an activating group) is 1. The largest absolute Gasteiger partial charge is 0.355 e. The van der Waals surface area contributed by atoms with Gasteiger partial charge in [0.1, 0.15) is 0 Å². The Bertz CT molecular complexity index is 721. The highest BCUT2D eigenvalue weighted by Crippen LogP contribution is 2.16. The van der Waals surface area contributed by atoms with Gasteiger partial charge in [-0.25, -0.2) is 4.68 Å². The predicted molar refractivity (Wildman–Crippen MR) is 124 cm³/mol. The minimum absolute atomic E-state index is 0. The van der Waals surface area contributed by atoms with Crippen LogP contribution in [0.1, 0.15) is 30.8 Å². The number of aryl methyl sites for hydroxylation is 2. The van der Waals surface area contributed by atoms with Crippen LogP contribution in [-0.4, -0.2) is 53.9 Å². The van der Waals surface area contributed by atoms with E-state index in [4.69, 9.17) is 0 Å². The van der Waals surface area contributed by atoms with Crippen LogP contribution in [-0.2, 0) is 6.54 Å². The Balaban J connectivity index is 0.00000364. The van der Waals surface area contributed by atoms with Gasteiger partial charge in [0.05, 0.1) is 11.4 Å². The quantitative estimate of drug-likeness (QED) is 0.344. The Morgan fingerprint density at radius 1 is 1.15 bits per heavy atom. The Morgan fingerprint density at radius 2 is 1.85 bits per heavy atom. The van der Waals surface area contributed by atoms with E-state index in [9.17, 15) is 0 Å². The summed E-state index contributed by atoms with van der Waals surface area (Å²) >= 11 is 0. The van der Waals surface area contributed by atoms with Crippen molar-refractivity contribution in [2.24, 2.45) is 4.99 Å². The fourth-order valence-corrected chi connectivity index (χ4v) is 3.01. The molecule has 1 aromatic carbocycles. The van der Waals surface area contributed by atoms with Gasteiger partial charge < -0.3 is 15.5 Å². The van der Waals surface area contributed by atoms with Crippen LogP contribution in [0.4, 0.5) is 0 Å². The van der Waals surface area contributed by atoms with Gasteiger partial charge in [-0.05, 0) is 44.6 Å². The zero-order valence-electron chi connectivity index (χ0n) is 17.1. The molecule has 2 aromatic rings. The molecule has 0 saturated heterocycles. The van der Waals surface area contributed by atoms with Gasteiger partial charge >= 0.3 is 0 Å². The van der Waals surface area contributed by atoms with E-state index in [2.05, 4.69) is 70.7 Å². The Morgan fingerprint density at radius 3 is 2.44 bits per heavy atom. The van der Waals surface area contributed by atoms with E-state index in [1.807, 2.05) is 17.7 Å². The molecule has 0 aliphatic heterocycles. The highest BCUT2D eigenvalue weighted by Gasteiger charge is 2.09. The van der Waals surface area contributed by atoms with Gasteiger partial charge in [0, 0.05) is 32.4 Å². The highest BCUT2D eigenvalue weighted by atomic mass is 127. The van der Waals surface area contributed by atoms with Crippen LogP contribution in [0.5, 0.6) is 0 Å². The van der Waals surface area contributed by atoms with E-state index in [0.29, 0.717) is 6.54 Å². The molecule has 150 valence electrons. The van der Waals surface area contributed by atoms with Crippen LogP contribution in [0.2, 0.25) is 0 Å². The lowest BCUT2D eigenvalue weighted by atomic mass is 10.1. The fourth-order valence-electron chi connectivity index (χ4n) is 3.01. The van der Waals surface area contributed by atoms with E-state index in [1.54, 1.807) is 7.05 Å². The number of hydrogen-bond donors (Lipinski definition) is 2. The van der Waals surface area contributed by atoms with Gasteiger partial charge in [-0.3, -0.25) is 4.99 Å². The molecular weight excluding hydrogens is 451 g/mol. The molecule has 0 radical (unpaired) electrons. The Kier molecular flexibility index (Phi) is 10.4. The third-order valence-corrected chi connectivity index (χ3v) is 4.51. The number of para-hydroxylation sites is 1. The molecule has 0 spiro atoms. The van der Waals surface area contributed by atoms with E-state index in [0.717, 1.165) is 49.2 Å². The van der Waals surface area contributed by atoms with Crippen LogP contribution >= 0.6 is 24.0 Å². The normalized spacial score (nSPS) is 11.4. The fraction of sp³-hybridized carbons (Fsp3) is 0.500. The van der Waals surface area contributed by atoms with E-state index < -0.39 is 0 Å². The molecular formula is C20H33IN6. The minimum Gasteiger partial charge on any atom is -0.355 e. The third kappa shape index (κ3) is 6.80. The summed E-state index contributed by atoms with van der Waals surface area (Å²) in [6, 6.07) is 10.4. The van der Waals surface area contributed by atoms with Gasteiger partial charge in [0.15, 0.2) is 5.96 Å². The van der Waals surface area contributed by atoms with Crippen molar-refractivity contribution in [1.82, 2.24) is 25.3 Å². The number of rotatable bonds is 8. The molecule has 2 rings (SSSR count). The summed E-state index contributed by atoms with van der Waals surface area (Å²) in [6.45, 7) is 13.2. The van der Waals surface area contributed by atoms with Crippen LogP contribution in [0.15, 0.2) is 35.3 Å². The first-order chi connectivity index (χ1) is 12.6. The van der Waals surface area contributed by atoms with Gasteiger partial charge in [0.2, 0.25) is 0 Å². The first-order valence-corrected chi connectivity index (χ1v) is 9.37. The van der Waals surface area contributed by atoms with Crippen LogP contribution < -0.4 is 10.6 Å². The maximum absolute atomic E-state index is 4.61. The summed E-state index contributed by atoms with van der Waals surface area (Å²) in [5, 5.41) is 11.4. The molecule has 0 aliphatic rings. The lowest BCUT2D eigenvalue weighted by Gasteiger charge is -2.19. The number of hydrogen-bond acceptors (Lipinski definition) is 3. The van der Waals surface area contributed by atoms with E-state index >= 15 is 0 Å². The molecule has 0 saturated carbocycles. The number of aromatic nitrogens is 2. The monoisotopic (exact) mass is 484 g/mol. The summed E-state index contributed by atoms with van der Waals surface area (Å²) in [5.74, 6) is 0.820. The van der Waals surface area contributed by atoms with Gasteiger partial charge in [-0.15, -0.1) is 24.0 Å². The highest BCUT2D eigenvalue weighted by molar-refractivity contribution is 14.0. The minimum atomic E-state index is 0. The smallest absolute Gasteiger partial charge is 0.191 e. The second-order valence-electron chi connectivity index (χ2n) is 6.35. The topological polar surface area (TPSA) is 57.5 Å². The van der Waals surface area contributed by atoms with Crippen molar-refractivity contribution in [3.05, 3.63) is 47.3 Å². The molecule has 1 heterocycles. The summed E-state index contributed by atoms with van der Waals surface area (Å²) in [7, 11) is 1.81. The lowest BCUT2D eigenvalue weighted by molar-refractivity contribution is 0.308. The van der Waals surface area contributed by atoms with Crippen LogP contribution in [0.3, 0.4) is 0 Å². The van der Waals surface area contributed by atoms with Gasteiger partial charge in [-0.2, -0.15) is 5.10 Å². The molecule has 6 nitrogen and oxygen atoms in total. The standard InChI is InChI=1S/C20H32N6.HI/c1-6-25(7-2)13-12-22-20(21-5)23-15-18-10-8-9-11-19(18)26-17(4)14-16(3)24-26;/h8-11,14H,6-7,12-13,15H2,1-5H3,(H2,21,22,23);1H. The van der Waals surface area contributed by atoms with E-state index in [-0.39, 0.29) is 24.0 Å². The SMILES string of the molecule is CCN(CC)CCNC(=NC)NCc1ccccc1-n1nc(C)cc1C.I. The van der Waals surface area contributed by atoms with Crippen LogP contribution in [0, 0.1) is 13.8 Å². The molecule has 0 fully saturated rings. The maximum Gasteiger partial charge on any atom is 0.191 e. The number of aliphatic imine (C=N–C) groups is 1. The maximum atomic E-state index is 4.61. The molecule has 0 atom stereocenters. The summed E-state index contributed by atoms with van der Waals surface area (Å²) in [5.41, 5.74) is 4.45. The predicted octanol–water partition coefficient (Wildman–Crippen LogP) is 3.11. The molecule has 27 heavy (non-hydrogen) atoms. The van der Waals surface area contributed by atoms with Crippen LogP contribution in [0.25, 0.3) is 5.69 Å². The first-order valence-electron chi connectivity index (χ1n) is 9.37. The van der Waals surface area contributed by atoms with Crippen molar-refractivity contribution in [3.8, 4) is 5.69 Å². The molecule has 0 unspecified atom stereocenters. The Labute approximate surface area is 180 Å².